The fourth-order valence-corrected chi connectivity index (χ4v) is 3.84. The molecule has 0 spiro atoms. The first-order valence-electron chi connectivity index (χ1n) is 10.7. The maximum atomic E-state index is 11.9. The normalized spacial score (nSPS) is 13.3. The van der Waals surface area contributed by atoms with Crippen LogP contribution in [0.1, 0.15) is 34.1 Å². The molecule has 1 aromatic heterocycles. The van der Waals surface area contributed by atoms with E-state index in [1.807, 2.05) is 12.1 Å². The van der Waals surface area contributed by atoms with Gasteiger partial charge in [0, 0.05) is 24.3 Å². The smallest absolute Gasteiger partial charge is 0.273 e. The molecule has 0 fully saturated rings. The minimum Gasteiger partial charge on any atom is -0.495 e. The summed E-state index contributed by atoms with van der Waals surface area (Å²) in [5.41, 5.74) is 9.75. The van der Waals surface area contributed by atoms with Crippen molar-refractivity contribution in [3.05, 3.63) is 58.8 Å². The molecule has 0 radical (unpaired) electrons. The number of aliphatic hydroxyl groups excluding tert-OH is 1. The van der Waals surface area contributed by atoms with E-state index in [0.717, 1.165) is 26.1 Å². The SMILES string of the molecule is CCN1CCc2cc(OC)c(Nc3nnc(C(N)=O)c(Nc4ccccc4CO)n3)cc2C1. The van der Waals surface area contributed by atoms with Gasteiger partial charge >= 0.3 is 0 Å². The van der Waals surface area contributed by atoms with Crippen LogP contribution in [-0.2, 0) is 19.6 Å². The van der Waals surface area contributed by atoms with Crippen LogP contribution in [0, 0.1) is 0 Å². The predicted octanol–water partition coefficient (Wildman–Crippen LogP) is 2.34. The Balaban J connectivity index is 1.67. The number of hydrogen-bond donors (Lipinski definition) is 4. The number of nitrogens with two attached hydrogens (primary N) is 1. The number of ether oxygens (including phenoxy) is 1. The van der Waals surface area contributed by atoms with E-state index >= 15 is 0 Å². The Morgan fingerprint density at radius 1 is 1.18 bits per heavy atom. The summed E-state index contributed by atoms with van der Waals surface area (Å²) in [6.45, 7) is 4.83. The summed E-state index contributed by atoms with van der Waals surface area (Å²) < 4.78 is 5.59. The van der Waals surface area contributed by atoms with E-state index in [1.165, 1.54) is 11.1 Å². The van der Waals surface area contributed by atoms with E-state index < -0.39 is 5.91 Å². The van der Waals surface area contributed by atoms with Gasteiger partial charge in [-0.15, -0.1) is 10.2 Å². The van der Waals surface area contributed by atoms with Crippen LogP contribution in [0.3, 0.4) is 0 Å². The molecule has 0 aliphatic carbocycles. The minimum absolute atomic E-state index is 0.107. The number of nitrogens with one attached hydrogen (secondary N) is 2. The highest BCUT2D eigenvalue weighted by molar-refractivity contribution is 5.96. The molecular weight excluding hydrogens is 422 g/mol. The van der Waals surface area contributed by atoms with Crippen molar-refractivity contribution in [1.82, 2.24) is 20.1 Å². The average molecular weight is 450 g/mol. The second-order valence-corrected chi connectivity index (χ2v) is 7.70. The van der Waals surface area contributed by atoms with Crippen molar-refractivity contribution in [1.29, 1.82) is 0 Å². The maximum absolute atomic E-state index is 11.9. The third-order valence-corrected chi connectivity index (χ3v) is 5.67. The number of methoxy groups -OCH3 is 1. The summed E-state index contributed by atoms with van der Waals surface area (Å²) in [7, 11) is 1.61. The molecule has 10 heteroatoms. The summed E-state index contributed by atoms with van der Waals surface area (Å²) in [6.07, 6.45) is 0.962. The van der Waals surface area contributed by atoms with Gasteiger partial charge in [-0.1, -0.05) is 25.1 Å². The summed E-state index contributed by atoms with van der Waals surface area (Å²) in [5, 5.41) is 23.8. The zero-order valence-corrected chi connectivity index (χ0v) is 18.6. The Morgan fingerprint density at radius 2 is 2.00 bits per heavy atom. The van der Waals surface area contributed by atoms with Crippen LogP contribution >= 0.6 is 0 Å². The van der Waals surface area contributed by atoms with E-state index in [1.54, 1.807) is 31.4 Å². The highest BCUT2D eigenvalue weighted by atomic mass is 16.5. The highest BCUT2D eigenvalue weighted by Gasteiger charge is 2.20. The molecule has 0 bridgehead atoms. The first-order chi connectivity index (χ1) is 16.0. The lowest BCUT2D eigenvalue weighted by molar-refractivity contribution is 0.0995. The molecule has 10 nitrogen and oxygen atoms in total. The van der Waals surface area contributed by atoms with Crippen molar-refractivity contribution in [2.45, 2.75) is 26.5 Å². The number of amides is 1. The molecule has 0 unspecified atom stereocenters. The molecule has 172 valence electrons. The monoisotopic (exact) mass is 449 g/mol. The number of fused-ring (bicyclic) bond motifs is 1. The molecule has 0 saturated carbocycles. The predicted molar refractivity (Wildman–Crippen MR) is 125 cm³/mol. The van der Waals surface area contributed by atoms with Gasteiger partial charge in [-0.3, -0.25) is 9.69 Å². The average Bonchev–Trinajstić information content (AvgIpc) is 2.83. The van der Waals surface area contributed by atoms with Crippen LogP contribution in [0.2, 0.25) is 0 Å². The van der Waals surface area contributed by atoms with Gasteiger partial charge in [0.1, 0.15) is 5.75 Å². The molecule has 4 rings (SSSR count). The molecule has 2 aromatic carbocycles. The van der Waals surface area contributed by atoms with Crippen LogP contribution in [0.4, 0.5) is 23.1 Å². The van der Waals surface area contributed by atoms with Crippen molar-refractivity contribution in [3.8, 4) is 5.75 Å². The Bertz CT molecular complexity index is 1170. The second-order valence-electron chi connectivity index (χ2n) is 7.70. The molecule has 1 amide bonds. The fourth-order valence-electron chi connectivity index (χ4n) is 3.84. The van der Waals surface area contributed by atoms with Gasteiger partial charge in [0.05, 0.1) is 19.4 Å². The van der Waals surface area contributed by atoms with Gasteiger partial charge in [-0.2, -0.15) is 4.98 Å². The number of hydrogen-bond acceptors (Lipinski definition) is 9. The lowest BCUT2D eigenvalue weighted by Gasteiger charge is -2.28. The number of carbonyl (C=O) groups is 1. The van der Waals surface area contributed by atoms with E-state index in [0.29, 0.717) is 22.7 Å². The molecule has 2 heterocycles. The first-order valence-corrected chi connectivity index (χ1v) is 10.7. The number of anilines is 4. The van der Waals surface area contributed by atoms with E-state index in [-0.39, 0.29) is 24.1 Å². The zero-order chi connectivity index (χ0) is 23.4. The highest BCUT2D eigenvalue weighted by Crippen LogP contribution is 2.33. The van der Waals surface area contributed by atoms with Gasteiger partial charge in [-0.05, 0) is 42.3 Å². The Hall–Kier alpha value is -3.76. The van der Waals surface area contributed by atoms with Crippen LogP contribution in [0.5, 0.6) is 5.75 Å². The molecule has 5 N–H and O–H groups in total. The van der Waals surface area contributed by atoms with Crippen LogP contribution in [-0.4, -0.2) is 51.3 Å². The Morgan fingerprint density at radius 3 is 2.73 bits per heavy atom. The standard InChI is InChI=1S/C23H27N7O3/c1-3-30-9-8-14-11-19(33-2)18(10-16(14)12-30)26-23-27-22(20(21(24)32)28-29-23)25-17-7-5-4-6-15(17)13-31/h4-7,10-11,31H,3,8-9,12-13H2,1-2H3,(H2,24,32)(H2,25,26,27,29). The van der Waals surface area contributed by atoms with Crippen molar-refractivity contribution in [3.63, 3.8) is 0 Å². The third kappa shape index (κ3) is 4.86. The van der Waals surface area contributed by atoms with Crippen LogP contribution in [0.15, 0.2) is 36.4 Å². The number of likely N-dealkylation sites (N-methyl/N-ethyl adjacent to an activating group) is 1. The molecule has 1 aliphatic rings. The summed E-state index contributed by atoms with van der Waals surface area (Å²) in [4.78, 5) is 18.7. The summed E-state index contributed by atoms with van der Waals surface area (Å²) in [5.74, 6) is 0.207. The van der Waals surface area contributed by atoms with Crippen LogP contribution in [0.25, 0.3) is 0 Å². The Kier molecular flexibility index (Phi) is 6.66. The number of rotatable bonds is 8. The molecule has 3 aromatic rings. The van der Waals surface area contributed by atoms with Crippen LogP contribution < -0.4 is 21.1 Å². The van der Waals surface area contributed by atoms with E-state index in [2.05, 4.69) is 37.6 Å². The summed E-state index contributed by atoms with van der Waals surface area (Å²) in [6, 6.07) is 11.2. The van der Waals surface area contributed by atoms with Gasteiger partial charge in [0.15, 0.2) is 11.5 Å². The van der Waals surface area contributed by atoms with E-state index in [4.69, 9.17) is 10.5 Å². The maximum Gasteiger partial charge on any atom is 0.273 e. The van der Waals surface area contributed by atoms with Crippen molar-refractivity contribution >= 4 is 29.0 Å². The number of carbonyl (C=O) groups excluding carboxylic acids is 1. The van der Waals surface area contributed by atoms with Crippen molar-refractivity contribution < 1.29 is 14.6 Å². The zero-order valence-electron chi connectivity index (χ0n) is 18.6. The van der Waals surface area contributed by atoms with E-state index in [9.17, 15) is 9.90 Å². The quantitative estimate of drug-likeness (QED) is 0.408. The third-order valence-electron chi connectivity index (χ3n) is 5.67. The number of primary amides is 1. The molecule has 33 heavy (non-hydrogen) atoms. The lowest BCUT2D eigenvalue weighted by Crippen LogP contribution is -2.30. The lowest BCUT2D eigenvalue weighted by atomic mass is 9.98. The van der Waals surface area contributed by atoms with Gasteiger partial charge in [0.25, 0.3) is 5.91 Å². The first kappa shape index (κ1) is 22.4. The number of aromatic nitrogens is 3. The number of benzene rings is 2. The van der Waals surface area contributed by atoms with Crippen molar-refractivity contribution in [2.75, 3.05) is 30.8 Å². The van der Waals surface area contributed by atoms with Gasteiger partial charge in [0.2, 0.25) is 5.95 Å². The number of para-hydroxylation sites is 1. The minimum atomic E-state index is -0.767. The molecule has 1 aliphatic heterocycles. The molecule has 0 atom stereocenters. The number of nitrogens with zero attached hydrogens (tertiary/aromatic N) is 4. The Labute approximate surface area is 191 Å². The largest absolute Gasteiger partial charge is 0.495 e. The fraction of sp³-hybridized carbons (Fsp3) is 0.304. The second kappa shape index (κ2) is 9.80. The molecular formula is C23H27N7O3. The van der Waals surface area contributed by atoms with Crippen molar-refractivity contribution in [2.24, 2.45) is 5.73 Å². The number of aliphatic hydroxyl groups is 1. The summed E-state index contributed by atoms with van der Waals surface area (Å²) >= 11 is 0. The molecule has 0 saturated heterocycles. The topological polar surface area (TPSA) is 139 Å². The van der Waals surface area contributed by atoms with Gasteiger partial charge in [-0.25, -0.2) is 0 Å². The van der Waals surface area contributed by atoms with Gasteiger partial charge < -0.3 is 26.2 Å².